The number of aldehydes is 1. The fourth-order valence-corrected chi connectivity index (χ4v) is 2.51. The minimum atomic E-state index is 0.336. The SMILES string of the molecule is C/C=C\C(C)Cn1nc(C=O)/c(=N\NC)c2ccccc21.C=C/C=C\C. The van der Waals surface area contributed by atoms with Crippen LogP contribution in [-0.4, -0.2) is 23.1 Å². The van der Waals surface area contributed by atoms with E-state index in [1.807, 2.05) is 61.0 Å². The number of carbonyl (C=O) groups excluding carboxylic acids is 1. The Balaban J connectivity index is 0.000000597. The Kier molecular flexibility index (Phi) is 9.39. The predicted octanol–water partition coefficient (Wildman–Crippen LogP) is 3.84. The van der Waals surface area contributed by atoms with Gasteiger partial charge >= 0.3 is 0 Å². The number of para-hydroxylation sites is 1. The molecule has 1 N–H and O–H groups in total. The quantitative estimate of drug-likeness (QED) is 0.372. The second kappa shape index (κ2) is 11.6. The van der Waals surface area contributed by atoms with Crippen LogP contribution in [0.25, 0.3) is 10.9 Å². The third kappa shape index (κ3) is 5.84. The first-order chi connectivity index (χ1) is 12.6. The molecule has 1 atom stereocenters. The number of nitrogens with zero attached hydrogens (tertiary/aromatic N) is 3. The van der Waals surface area contributed by atoms with Gasteiger partial charge in [0.15, 0.2) is 12.0 Å². The number of benzene rings is 1. The van der Waals surface area contributed by atoms with E-state index in [0.717, 1.165) is 17.2 Å². The average Bonchev–Trinajstić information content (AvgIpc) is 2.65. The summed E-state index contributed by atoms with van der Waals surface area (Å²) in [6, 6.07) is 7.85. The fraction of sp³-hybridized carbons (Fsp3) is 0.286. The first-order valence-electron chi connectivity index (χ1n) is 8.64. The van der Waals surface area contributed by atoms with E-state index in [4.69, 9.17) is 0 Å². The zero-order chi connectivity index (χ0) is 19.4. The molecular weight excluding hydrogens is 324 g/mol. The van der Waals surface area contributed by atoms with Gasteiger partial charge in [-0.05, 0) is 25.8 Å². The summed E-state index contributed by atoms with van der Waals surface area (Å²) in [6.07, 6.45) is 10.5. The third-order valence-electron chi connectivity index (χ3n) is 3.55. The van der Waals surface area contributed by atoms with Crippen LogP contribution in [0.5, 0.6) is 0 Å². The number of aromatic nitrogens is 2. The second-order valence-electron chi connectivity index (χ2n) is 5.65. The predicted molar refractivity (Wildman–Crippen MR) is 109 cm³/mol. The molecule has 1 unspecified atom stereocenters. The number of carbonyl (C=O) groups is 1. The molecule has 5 heteroatoms. The smallest absolute Gasteiger partial charge is 0.172 e. The molecule has 0 saturated carbocycles. The molecule has 0 aliphatic rings. The molecule has 138 valence electrons. The largest absolute Gasteiger partial charge is 0.312 e. The number of fused-ring (bicyclic) bond motifs is 1. The van der Waals surface area contributed by atoms with Gasteiger partial charge in [0.05, 0.1) is 5.52 Å². The molecule has 0 bridgehead atoms. The Hall–Kier alpha value is -2.95. The monoisotopic (exact) mass is 352 g/mol. The van der Waals surface area contributed by atoms with Crippen LogP contribution in [0.1, 0.15) is 31.3 Å². The van der Waals surface area contributed by atoms with Crippen molar-refractivity contribution in [1.29, 1.82) is 0 Å². The average molecular weight is 352 g/mol. The molecule has 0 radical (unpaired) electrons. The first-order valence-corrected chi connectivity index (χ1v) is 8.64. The highest BCUT2D eigenvalue weighted by atomic mass is 16.1. The van der Waals surface area contributed by atoms with Crippen molar-refractivity contribution in [2.24, 2.45) is 11.0 Å². The molecule has 1 aromatic heterocycles. The molecule has 0 amide bonds. The summed E-state index contributed by atoms with van der Waals surface area (Å²) >= 11 is 0. The van der Waals surface area contributed by atoms with Crippen molar-refractivity contribution in [2.45, 2.75) is 27.3 Å². The number of allylic oxidation sites excluding steroid dienone is 5. The first kappa shape index (κ1) is 21.1. The number of rotatable bonds is 6. The van der Waals surface area contributed by atoms with Crippen LogP contribution in [-0.2, 0) is 6.54 Å². The Morgan fingerprint density at radius 1 is 1.31 bits per heavy atom. The maximum atomic E-state index is 11.3. The molecule has 0 aliphatic carbocycles. The molecule has 5 nitrogen and oxygen atoms in total. The Morgan fingerprint density at radius 3 is 2.58 bits per heavy atom. The van der Waals surface area contributed by atoms with Gasteiger partial charge in [-0.15, -0.1) is 0 Å². The summed E-state index contributed by atoms with van der Waals surface area (Å²) in [5.74, 6) is 0.336. The van der Waals surface area contributed by atoms with Gasteiger partial charge in [0.25, 0.3) is 0 Å². The molecular formula is C21H28N4O. The zero-order valence-electron chi connectivity index (χ0n) is 16.0. The Bertz CT molecular complexity index is 847. The summed E-state index contributed by atoms with van der Waals surface area (Å²) in [6.45, 7) is 10.3. The fourth-order valence-electron chi connectivity index (χ4n) is 2.51. The zero-order valence-corrected chi connectivity index (χ0v) is 16.0. The number of hydrogen-bond donors (Lipinski definition) is 1. The van der Waals surface area contributed by atoms with E-state index in [1.54, 1.807) is 13.1 Å². The number of hydrogen-bond acceptors (Lipinski definition) is 4. The lowest BCUT2D eigenvalue weighted by Gasteiger charge is -2.14. The van der Waals surface area contributed by atoms with Crippen molar-refractivity contribution in [2.75, 3.05) is 7.05 Å². The maximum Gasteiger partial charge on any atom is 0.172 e. The maximum absolute atomic E-state index is 11.3. The molecule has 26 heavy (non-hydrogen) atoms. The van der Waals surface area contributed by atoms with Crippen LogP contribution in [0.3, 0.4) is 0 Å². The summed E-state index contributed by atoms with van der Waals surface area (Å²) in [4.78, 5) is 11.3. The summed E-state index contributed by atoms with van der Waals surface area (Å²) < 4.78 is 1.87. The molecule has 2 aromatic rings. The van der Waals surface area contributed by atoms with Gasteiger partial charge in [-0.25, -0.2) is 0 Å². The highest BCUT2D eigenvalue weighted by Crippen LogP contribution is 2.12. The van der Waals surface area contributed by atoms with Crippen molar-refractivity contribution in [3.8, 4) is 0 Å². The standard InChI is InChI=1S/C16H20N4O.C5H8/c1-4-7-12(2)10-20-15-9-6-5-8-13(15)16(18-17-3)14(11-21)19-20;1-3-5-4-2/h4-9,11-12,17H,10H2,1-3H3;3-5H,1H2,2H3/b7-4-,18-16-;5-4-. The minimum Gasteiger partial charge on any atom is -0.312 e. The van der Waals surface area contributed by atoms with Crippen LogP contribution in [0.15, 0.2) is 66.3 Å². The van der Waals surface area contributed by atoms with Gasteiger partial charge in [-0.1, -0.05) is 62.1 Å². The summed E-state index contributed by atoms with van der Waals surface area (Å²) in [5, 5.41) is 10.1. The molecule has 0 spiro atoms. The Morgan fingerprint density at radius 2 is 2.04 bits per heavy atom. The van der Waals surface area contributed by atoms with Gasteiger partial charge in [-0.3, -0.25) is 9.48 Å². The van der Waals surface area contributed by atoms with E-state index in [2.05, 4.69) is 35.2 Å². The second-order valence-corrected chi connectivity index (χ2v) is 5.65. The highest BCUT2D eigenvalue weighted by Gasteiger charge is 2.10. The lowest BCUT2D eigenvalue weighted by molar-refractivity contribution is 0.111. The van der Waals surface area contributed by atoms with E-state index in [-0.39, 0.29) is 0 Å². The molecule has 2 rings (SSSR count). The van der Waals surface area contributed by atoms with Crippen LogP contribution < -0.4 is 10.8 Å². The lowest BCUT2D eigenvalue weighted by atomic mass is 10.1. The molecule has 1 aromatic carbocycles. The van der Waals surface area contributed by atoms with E-state index in [1.165, 1.54) is 0 Å². The van der Waals surface area contributed by atoms with Crippen molar-refractivity contribution in [3.63, 3.8) is 0 Å². The summed E-state index contributed by atoms with van der Waals surface area (Å²) in [7, 11) is 1.71. The van der Waals surface area contributed by atoms with E-state index >= 15 is 0 Å². The van der Waals surface area contributed by atoms with Gasteiger partial charge in [0.2, 0.25) is 0 Å². The van der Waals surface area contributed by atoms with Crippen molar-refractivity contribution in [3.05, 3.63) is 72.3 Å². The molecule has 0 fully saturated rings. The minimum absolute atomic E-state index is 0.336. The van der Waals surface area contributed by atoms with Crippen molar-refractivity contribution in [1.82, 2.24) is 15.2 Å². The molecule has 1 heterocycles. The van der Waals surface area contributed by atoms with E-state index < -0.39 is 0 Å². The van der Waals surface area contributed by atoms with Gasteiger partial charge < -0.3 is 5.43 Å². The van der Waals surface area contributed by atoms with Crippen molar-refractivity contribution >= 4 is 17.2 Å². The van der Waals surface area contributed by atoms with Crippen LogP contribution in [0.2, 0.25) is 0 Å². The highest BCUT2D eigenvalue weighted by molar-refractivity contribution is 5.83. The van der Waals surface area contributed by atoms with Crippen LogP contribution in [0.4, 0.5) is 0 Å². The topological polar surface area (TPSA) is 59.3 Å². The summed E-state index contributed by atoms with van der Waals surface area (Å²) in [5.41, 5.74) is 4.05. The van der Waals surface area contributed by atoms with Gasteiger partial charge in [0.1, 0.15) is 5.36 Å². The molecule has 0 aliphatic heterocycles. The van der Waals surface area contributed by atoms with Crippen molar-refractivity contribution < 1.29 is 4.79 Å². The van der Waals surface area contributed by atoms with Gasteiger partial charge in [-0.2, -0.15) is 10.2 Å². The lowest BCUT2D eigenvalue weighted by Crippen LogP contribution is -2.23. The third-order valence-corrected chi connectivity index (χ3v) is 3.55. The van der Waals surface area contributed by atoms with Crippen LogP contribution in [0, 0.1) is 5.92 Å². The number of nitrogens with one attached hydrogen (secondary N) is 1. The van der Waals surface area contributed by atoms with E-state index in [0.29, 0.717) is 23.5 Å². The van der Waals surface area contributed by atoms with Gasteiger partial charge in [0, 0.05) is 19.0 Å². The normalized spacial score (nSPS) is 12.8. The van der Waals surface area contributed by atoms with E-state index in [9.17, 15) is 4.79 Å². The Labute approximate surface area is 155 Å². The molecule has 0 saturated heterocycles. The van der Waals surface area contributed by atoms with Crippen LogP contribution >= 0.6 is 0 Å².